The SMILES string of the molecule is C=C1C(=O)OC2C(C)C3C=CC(=O)C3(C)C(OC(=O)C=C(C)C)C1C2OC(C)=O. The van der Waals surface area contributed by atoms with E-state index in [-0.39, 0.29) is 23.2 Å². The molecule has 2 fully saturated rings. The summed E-state index contributed by atoms with van der Waals surface area (Å²) >= 11 is 0. The quantitative estimate of drug-likeness (QED) is 0.406. The van der Waals surface area contributed by atoms with Crippen molar-refractivity contribution in [2.75, 3.05) is 0 Å². The van der Waals surface area contributed by atoms with Crippen molar-refractivity contribution in [2.45, 2.75) is 52.9 Å². The van der Waals surface area contributed by atoms with Crippen molar-refractivity contribution in [3.63, 3.8) is 0 Å². The molecule has 0 amide bonds. The first kappa shape index (κ1) is 21.0. The summed E-state index contributed by atoms with van der Waals surface area (Å²) in [6.07, 6.45) is 1.83. The Morgan fingerprint density at radius 2 is 1.86 bits per heavy atom. The van der Waals surface area contributed by atoms with Crippen LogP contribution in [0.15, 0.2) is 36.0 Å². The topological polar surface area (TPSA) is 96.0 Å². The Hall–Kier alpha value is -2.70. The average Bonchev–Trinajstić information content (AvgIpc) is 2.88. The van der Waals surface area contributed by atoms with Gasteiger partial charge in [-0.05, 0) is 32.8 Å². The van der Waals surface area contributed by atoms with Gasteiger partial charge in [0.05, 0.1) is 11.3 Å². The summed E-state index contributed by atoms with van der Waals surface area (Å²) in [6.45, 7) is 12.1. The molecule has 0 aromatic carbocycles. The number of allylic oxidation sites excluding steroid dienone is 3. The number of rotatable bonds is 3. The molecule has 29 heavy (non-hydrogen) atoms. The van der Waals surface area contributed by atoms with Gasteiger partial charge in [-0.15, -0.1) is 0 Å². The molecule has 2 bridgehead atoms. The van der Waals surface area contributed by atoms with Gasteiger partial charge in [-0.1, -0.05) is 25.2 Å². The maximum Gasteiger partial charge on any atom is 0.334 e. The number of esters is 3. The van der Waals surface area contributed by atoms with E-state index in [1.54, 1.807) is 26.8 Å². The summed E-state index contributed by atoms with van der Waals surface area (Å²) in [7, 11) is 0. The van der Waals surface area contributed by atoms with Crippen LogP contribution < -0.4 is 0 Å². The molecule has 156 valence electrons. The lowest BCUT2D eigenvalue weighted by molar-refractivity contribution is -0.187. The lowest BCUT2D eigenvalue weighted by Crippen LogP contribution is -2.54. The third-order valence-corrected chi connectivity index (χ3v) is 6.22. The predicted molar refractivity (Wildman–Crippen MR) is 102 cm³/mol. The van der Waals surface area contributed by atoms with E-state index in [0.29, 0.717) is 0 Å². The van der Waals surface area contributed by atoms with E-state index in [4.69, 9.17) is 14.2 Å². The second-order valence-electron chi connectivity index (χ2n) is 8.47. The predicted octanol–water partition coefficient (Wildman–Crippen LogP) is 2.31. The summed E-state index contributed by atoms with van der Waals surface area (Å²) in [6, 6.07) is 0. The summed E-state index contributed by atoms with van der Waals surface area (Å²) in [5, 5.41) is 0. The van der Waals surface area contributed by atoms with Gasteiger partial charge in [0, 0.05) is 24.5 Å². The van der Waals surface area contributed by atoms with Crippen LogP contribution in [0.5, 0.6) is 0 Å². The molecule has 7 heteroatoms. The highest BCUT2D eigenvalue weighted by molar-refractivity contribution is 5.99. The largest absolute Gasteiger partial charge is 0.458 e. The van der Waals surface area contributed by atoms with Crippen molar-refractivity contribution in [3.05, 3.63) is 36.0 Å². The number of hydrogen-bond donors (Lipinski definition) is 0. The van der Waals surface area contributed by atoms with Crippen molar-refractivity contribution in [1.82, 2.24) is 0 Å². The highest BCUT2D eigenvalue weighted by Crippen LogP contribution is 2.54. The zero-order valence-electron chi connectivity index (χ0n) is 17.3. The average molecular weight is 402 g/mol. The first-order chi connectivity index (χ1) is 13.5. The fourth-order valence-electron chi connectivity index (χ4n) is 4.85. The van der Waals surface area contributed by atoms with E-state index in [0.717, 1.165) is 5.57 Å². The molecule has 0 radical (unpaired) electrons. The first-order valence-corrected chi connectivity index (χ1v) is 9.63. The van der Waals surface area contributed by atoms with E-state index >= 15 is 0 Å². The van der Waals surface area contributed by atoms with Crippen LogP contribution in [0.2, 0.25) is 0 Å². The molecule has 0 N–H and O–H groups in total. The number of carbonyl (C=O) groups excluding carboxylic acids is 4. The Bertz CT molecular complexity index is 847. The van der Waals surface area contributed by atoms with E-state index < -0.39 is 47.6 Å². The second kappa shape index (κ2) is 7.28. The molecule has 3 aliphatic rings. The Kier molecular flexibility index (Phi) is 5.28. The maximum absolute atomic E-state index is 13.0. The number of hydrogen-bond acceptors (Lipinski definition) is 7. The van der Waals surface area contributed by atoms with Crippen LogP contribution in [0.3, 0.4) is 0 Å². The molecule has 1 aliphatic heterocycles. The lowest BCUT2D eigenvalue weighted by Gasteiger charge is -2.42. The Morgan fingerprint density at radius 3 is 2.45 bits per heavy atom. The Labute approximate surface area is 169 Å². The summed E-state index contributed by atoms with van der Waals surface area (Å²) < 4.78 is 16.9. The van der Waals surface area contributed by atoms with Crippen LogP contribution >= 0.6 is 0 Å². The van der Waals surface area contributed by atoms with Gasteiger partial charge in [0.2, 0.25) is 0 Å². The minimum atomic E-state index is -1.14. The van der Waals surface area contributed by atoms with Crippen molar-refractivity contribution >= 4 is 23.7 Å². The zero-order chi connectivity index (χ0) is 21.7. The molecule has 1 saturated heterocycles. The molecule has 3 rings (SSSR count). The monoisotopic (exact) mass is 402 g/mol. The molecule has 0 spiro atoms. The van der Waals surface area contributed by atoms with E-state index in [1.165, 1.54) is 19.1 Å². The molecule has 7 atom stereocenters. The van der Waals surface area contributed by atoms with Gasteiger partial charge in [0.25, 0.3) is 0 Å². The number of ether oxygens (including phenoxy) is 3. The molecule has 7 nitrogen and oxygen atoms in total. The summed E-state index contributed by atoms with van der Waals surface area (Å²) in [4.78, 5) is 49.9. The van der Waals surface area contributed by atoms with Crippen LogP contribution in [-0.2, 0) is 33.4 Å². The fraction of sp³-hybridized carbons (Fsp3) is 0.545. The third kappa shape index (κ3) is 3.32. The zero-order valence-corrected chi connectivity index (χ0v) is 17.3. The molecular weight excluding hydrogens is 376 g/mol. The van der Waals surface area contributed by atoms with Crippen LogP contribution in [0.25, 0.3) is 0 Å². The lowest BCUT2D eigenvalue weighted by atomic mass is 9.67. The molecule has 0 aromatic heterocycles. The Balaban J connectivity index is 2.19. The van der Waals surface area contributed by atoms with E-state index in [9.17, 15) is 19.2 Å². The fourth-order valence-corrected chi connectivity index (χ4v) is 4.85. The second-order valence-corrected chi connectivity index (χ2v) is 8.47. The number of ketones is 1. The molecular formula is C22H26O7. The van der Waals surface area contributed by atoms with Gasteiger partial charge in [0.15, 0.2) is 5.78 Å². The van der Waals surface area contributed by atoms with Gasteiger partial charge >= 0.3 is 17.9 Å². The normalized spacial score (nSPS) is 37.9. The number of carbonyl (C=O) groups is 4. The van der Waals surface area contributed by atoms with Crippen molar-refractivity contribution < 1.29 is 33.4 Å². The van der Waals surface area contributed by atoms with Gasteiger partial charge < -0.3 is 14.2 Å². The summed E-state index contributed by atoms with van der Waals surface area (Å²) in [5.74, 6) is -3.64. The van der Waals surface area contributed by atoms with E-state index in [1.807, 2.05) is 6.92 Å². The standard InChI is InChI=1S/C22H26O7/c1-10(2)9-16(25)28-20-17-12(4)21(26)29-18(19(17)27-13(5)23)11(3)14-7-8-15(24)22(14,20)6/h7-9,11,14,17-20H,4H2,1-3,5-6H3. The van der Waals surface area contributed by atoms with Crippen LogP contribution in [-0.4, -0.2) is 42.0 Å². The Morgan fingerprint density at radius 1 is 1.21 bits per heavy atom. The third-order valence-electron chi connectivity index (χ3n) is 6.22. The highest BCUT2D eigenvalue weighted by Gasteiger charge is 2.65. The van der Waals surface area contributed by atoms with Gasteiger partial charge in [-0.2, -0.15) is 0 Å². The smallest absolute Gasteiger partial charge is 0.334 e. The van der Waals surface area contributed by atoms with Crippen molar-refractivity contribution in [1.29, 1.82) is 0 Å². The van der Waals surface area contributed by atoms with E-state index in [2.05, 4.69) is 6.58 Å². The van der Waals surface area contributed by atoms with Gasteiger partial charge in [-0.25, -0.2) is 9.59 Å². The molecule has 1 heterocycles. The van der Waals surface area contributed by atoms with Crippen molar-refractivity contribution in [3.8, 4) is 0 Å². The molecule has 1 saturated carbocycles. The van der Waals surface area contributed by atoms with Gasteiger partial charge in [0.1, 0.15) is 18.3 Å². The minimum Gasteiger partial charge on any atom is -0.458 e. The van der Waals surface area contributed by atoms with Crippen LogP contribution in [0.4, 0.5) is 0 Å². The molecule has 0 aromatic rings. The first-order valence-electron chi connectivity index (χ1n) is 9.63. The molecule has 7 unspecified atom stereocenters. The van der Waals surface area contributed by atoms with Gasteiger partial charge in [-0.3, -0.25) is 9.59 Å². The minimum absolute atomic E-state index is 0.0243. The highest BCUT2D eigenvalue weighted by atomic mass is 16.6. The maximum atomic E-state index is 13.0. The van der Waals surface area contributed by atoms with Crippen LogP contribution in [0, 0.1) is 23.2 Å². The van der Waals surface area contributed by atoms with Crippen molar-refractivity contribution in [2.24, 2.45) is 23.2 Å². The molecule has 2 aliphatic carbocycles. The van der Waals surface area contributed by atoms with Crippen LogP contribution in [0.1, 0.15) is 34.6 Å². The number of fused-ring (bicyclic) bond motifs is 3. The summed E-state index contributed by atoms with van der Waals surface area (Å²) in [5.41, 5.74) is -0.388.